The lowest BCUT2D eigenvalue weighted by Gasteiger charge is -2.46. The van der Waals surface area contributed by atoms with Crippen LogP contribution in [-0.4, -0.2) is 49.7 Å². The molecule has 0 spiro atoms. The van der Waals surface area contributed by atoms with Crippen LogP contribution in [0.2, 0.25) is 0 Å². The molecule has 1 aromatic rings. The number of allylic oxidation sites excluding steroid dienone is 1. The Labute approximate surface area is 187 Å². The molecule has 4 aliphatic rings. The molecule has 3 fully saturated rings. The summed E-state index contributed by atoms with van der Waals surface area (Å²) in [5, 5.41) is 0. The van der Waals surface area contributed by atoms with Crippen LogP contribution in [-0.2, 0) is 9.53 Å². The summed E-state index contributed by atoms with van der Waals surface area (Å²) in [7, 11) is 0. The van der Waals surface area contributed by atoms with Gasteiger partial charge in [-0.25, -0.2) is 0 Å². The molecule has 31 heavy (non-hydrogen) atoms. The van der Waals surface area contributed by atoms with Crippen LogP contribution in [0.5, 0.6) is 0 Å². The lowest BCUT2D eigenvalue weighted by Crippen LogP contribution is -2.49. The van der Waals surface area contributed by atoms with Crippen LogP contribution in [0.15, 0.2) is 29.8 Å². The molecule has 2 aliphatic heterocycles. The van der Waals surface area contributed by atoms with Crippen LogP contribution < -0.4 is 4.90 Å². The Morgan fingerprint density at radius 2 is 1.94 bits per heavy atom. The SMILES string of the molecule is Cc1ccc(C)c(N2CCN(CC3C(=O)OC4CC5(C)CCCC(C)C5=CC43)CC2)c1. The Morgan fingerprint density at radius 1 is 1.16 bits per heavy atom. The molecule has 0 radical (unpaired) electrons. The van der Waals surface area contributed by atoms with E-state index in [2.05, 4.69) is 61.8 Å². The minimum Gasteiger partial charge on any atom is -0.461 e. The molecule has 2 aliphatic carbocycles. The lowest BCUT2D eigenvalue weighted by atomic mass is 9.59. The van der Waals surface area contributed by atoms with Crippen molar-refractivity contribution >= 4 is 11.7 Å². The highest BCUT2D eigenvalue weighted by Crippen LogP contribution is 2.54. The van der Waals surface area contributed by atoms with Crippen molar-refractivity contribution in [3.05, 3.63) is 41.0 Å². The van der Waals surface area contributed by atoms with E-state index in [1.165, 1.54) is 36.1 Å². The molecule has 0 aromatic heterocycles. The molecular weight excluding hydrogens is 384 g/mol. The molecule has 0 bridgehead atoms. The van der Waals surface area contributed by atoms with Crippen LogP contribution in [0.25, 0.3) is 0 Å². The third kappa shape index (κ3) is 3.82. The Balaban J connectivity index is 1.27. The van der Waals surface area contributed by atoms with E-state index >= 15 is 0 Å². The van der Waals surface area contributed by atoms with Crippen molar-refractivity contribution in [2.24, 2.45) is 23.2 Å². The number of hydrogen-bond donors (Lipinski definition) is 0. The fourth-order valence-electron chi connectivity index (χ4n) is 6.77. The Bertz CT molecular complexity index is 885. The van der Waals surface area contributed by atoms with E-state index in [1.807, 2.05) is 0 Å². The fraction of sp³-hybridized carbons (Fsp3) is 0.667. The van der Waals surface area contributed by atoms with Gasteiger partial charge >= 0.3 is 5.97 Å². The number of fused-ring (bicyclic) bond motifs is 2. The van der Waals surface area contributed by atoms with Crippen molar-refractivity contribution in [3.8, 4) is 0 Å². The molecule has 5 atom stereocenters. The number of hydrogen-bond acceptors (Lipinski definition) is 4. The number of aryl methyl sites for hydroxylation is 2. The Morgan fingerprint density at radius 3 is 2.71 bits per heavy atom. The van der Waals surface area contributed by atoms with Crippen LogP contribution in [0.3, 0.4) is 0 Å². The number of ether oxygens (including phenoxy) is 1. The van der Waals surface area contributed by atoms with Crippen LogP contribution >= 0.6 is 0 Å². The van der Waals surface area contributed by atoms with E-state index in [9.17, 15) is 4.79 Å². The first-order valence-corrected chi connectivity index (χ1v) is 12.3. The third-order valence-electron chi connectivity index (χ3n) is 8.61. The highest BCUT2D eigenvalue weighted by Gasteiger charge is 2.52. The largest absolute Gasteiger partial charge is 0.461 e. The number of rotatable bonds is 3. The second-order valence-corrected chi connectivity index (χ2v) is 10.9. The zero-order valence-electron chi connectivity index (χ0n) is 19.7. The number of esters is 1. The van der Waals surface area contributed by atoms with Crippen molar-refractivity contribution in [2.45, 2.75) is 59.5 Å². The summed E-state index contributed by atoms with van der Waals surface area (Å²) < 4.78 is 5.97. The van der Waals surface area contributed by atoms with Crippen LogP contribution in [0.1, 0.15) is 50.7 Å². The van der Waals surface area contributed by atoms with Gasteiger partial charge in [0.15, 0.2) is 0 Å². The Kier molecular flexibility index (Phi) is 5.40. The van der Waals surface area contributed by atoms with Crippen LogP contribution in [0.4, 0.5) is 5.69 Å². The van der Waals surface area contributed by atoms with E-state index in [0.29, 0.717) is 5.92 Å². The molecular formula is C27H38N2O2. The van der Waals surface area contributed by atoms with Gasteiger partial charge in [0.2, 0.25) is 0 Å². The summed E-state index contributed by atoms with van der Waals surface area (Å²) in [6.07, 6.45) is 7.44. The van der Waals surface area contributed by atoms with Crippen molar-refractivity contribution in [1.29, 1.82) is 0 Å². The number of anilines is 1. The smallest absolute Gasteiger partial charge is 0.311 e. The van der Waals surface area contributed by atoms with E-state index in [0.717, 1.165) is 39.1 Å². The van der Waals surface area contributed by atoms with Gasteiger partial charge in [0.25, 0.3) is 0 Å². The van der Waals surface area contributed by atoms with E-state index in [1.54, 1.807) is 5.57 Å². The fourth-order valence-corrected chi connectivity index (χ4v) is 6.77. The van der Waals surface area contributed by atoms with Gasteiger partial charge in [-0.05, 0) is 61.6 Å². The molecule has 0 amide bonds. The minimum atomic E-state index is 0.00318. The maximum Gasteiger partial charge on any atom is 0.311 e. The standard InChI is InChI=1S/C27H38N2O2/c1-18-7-8-20(3)24(14-18)29-12-10-28(11-13-29)17-22-21-15-23-19(2)6-5-9-27(23,4)16-25(21)31-26(22)30/h7-8,14-15,19,21-22,25H,5-6,9-13,16-17H2,1-4H3. The van der Waals surface area contributed by atoms with Crippen LogP contribution in [0, 0.1) is 37.0 Å². The van der Waals surface area contributed by atoms with Gasteiger partial charge in [0, 0.05) is 44.3 Å². The number of carbonyl (C=O) groups is 1. The van der Waals surface area contributed by atoms with Gasteiger partial charge in [0.05, 0.1) is 5.92 Å². The molecule has 5 rings (SSSR count). The van der Waals surface area contributed by atoms with E-state index < -0.39 is 0 Å². The summed E-state index contributed by atoms with van der Waals surface area (Å²) in [5.41, 5.74) is 5.88. The predicted octanol–water partition coefficient (Wildman–Crippen LogP) is 4.74. The van der Waals surface area contributed by atoms with Gasteiger partial charge in [-0.15, -0.1) is 0 Å². The molecule has 2 heterocycles. The number of carbonyl (C=O) groups excluding carboxylic acids is 1. The topological polar surface area (TPSA) is 32.8 Å². The third-order valence-corrected chi connectivity index (χ3v) is 8.61. The minimum absolute atomic E-state index is 0.00318. The summed E-state index contributed by atoms with van der Waals surface area (Å²) in [6, 6.07) is 6.72. The first kappa shape index (κ1) is 21.1. The van der Waals surface area contributed by atoms with Gasteiger partial charge in [-0.2, -0.15) is 0 Å². The summed E-state index contributed by atoms with van der Waals surface area (Å²) in [6.45, 7) is 14.1. The van der Waals surface area contributed by atoms with Gasteiger partial charge in [0.1, 0.15) is 6.10 Å². The Hall–Kier alpha value is -1.81. The maximum absolute atomic E-state index is 12.9. The van der Waals surface area contributed by atoms with Gasteiger partial charge in [-0.3, -0.25) is 9.69 Å². The van der Waals surface area contributed by atoms with Crippen molar-refractivity contribution in [2.75, 3.05) is 37.6 Å². The maximum atomic E-state index is 12.9. The van der Waals surface area contributed by atoms with E-state index in [-0.39, 0.29) is 29.3 Å². The lowest BCUT2D eigenvalue weighted by molar-refractivity contribution is -0.145. The molecule has 4 nitrogen and oxygen atoms in total. The van der Waals surface area contributed by atoms with Crippen molar-refractivity contribution < 1.29 is 9.53 Å². The molecule has 1 saturated carbocycles. The average molecular weight is 423 g/mol. The van der Waals surface area contributed by atoms with Gasteiger partial charge in [-0.1, -0.05) is 44.1 Å². The zero-order chi connectivity index (χ0) is 21.8. The number of piperazine rings is 1. The molecule has 1 aromatic carbocycles. The van der Waals surface area contributed by atoms with Crippen molar-refractivity contribution in [1.82, 2.24) is 4.90 Å². The molecule has 0 N–H and O–H groups in total. The summed E-state index contributed by atoms with van der Waals surface area (Å²) in [5.74, 6) is 0.965. The molecule has 2 saturated heterocycles. The quantitative estimate of drug-likeness (QED) is 0.520. The second kappa shape index (κ2) is 7.95. The summed E-state index contributed by atoms with van der Waals surface area (Å²) in [4.78, 5) is 17.9. The van der Waals surface area contributed by atoms with Crippen molar-refractivity contribution in [3.63, 3.8) is 0 Å². The zero-order valence-corrected chi connectivity index (χ0v) is 19.7. The average Bonchev–Trinajstić information content (AvgIpc) is 3.02. The predicted molar refractivity (Wildman–Crippen MR) is 125 cm³/mol. The molecule has 168 valence electrons. The molecule has 5 unspecified atom stereocenters. The normalized spacial score (nSPS) is 35.9. The monoisotopic (exact) mass is 422 g/mol. The van der Waals surface area contributed by atoms with E-state index in [4.69, 9.17) is 4.74 Å². The molecule has 4 heteroatoms. The number of nitrogens with zero attached hydrogens (tertiary/aromatic N) is 2. The van der Waals surface area contributed by atoms with Gasteiger partial charge < -0.3 is 9.64 Å². The first-order valence-electron chi connectivity index (χ1n) is 12.3. The first-order chi connectivity index (χ1) is 14.8. The highest BCUT2D eigenvalue weighted by atomic mass is 16.6. The number of benzene rings is 1. The highest BCUT2D eigenvalue weighted by molar-refractivity contribution is 5.76. The second-order valence-electron chi connectivity index (χ2n) is 10.9. The summed E-state index contributed by atoms with van der Waals surface area (Å²) >= 11 is 0.